The maximum Gasteiger partial charge on any atom is 0.268 e. The fourth-order valence-electron chi connectivity index (χ4n) is 3.29. The van der Waals surface area contributed by atoms with E-state index in [1.807, 2.05) is 34.9 Å². The van der Waals surface area contributed by atoms with E-state index in [1.54, 1.807) is 6.26 Å². The molecule has 2 heterocycles. The molecule has 0 atom stereocenters. The third-order valence-corrected chi connectivity index (χ3v) is 4.92. The maximum atomic E-state index is 12.9. The fourth-order valence-corrected chi connectivity index (χ4v) is 3.29. The highest BCUT2D eigenvalue weighted by Crippen LogP contribution is 2.23. The first-order valence-corrected chi connectivity index (χ1v) is 9.07. The zero-order chi connectivity index (χ0) is 18.8. The van der Waals surface area contributed by atoms with Crippen molar-refractivity contribution >= 4 is 17.0 Å². The van der Waals surface area contributed by atoms with Crippen LogP contribution in [-0.2, 0) is 13.1 Å². The normalized spacial score (nSPS) is 11.0. The van der Waals surface area contributed by atoms with Gasteiger partial charge in [-0.3, -0.25) is 4.79 Å². The van der Waals surface area contributed by atoms with Gasteiger partial charge >= 0.3 is 0 Å². The molecule has 4 aromatic rings. The molecule has 0 radical (unpaired) electrons. The number of rotatable bonds is 5. The summed E-state index contributed by atoms with van der Waals surface area (Å²) >= 11 is 0. The predicted molar refractivity (Wildman–Crippen MR) is 107 cm³/mol. The van der Waals surface area contributed by atoms with Gasteiger partial charge in [-0.1, -0.05) is 54.1 Å². The van der Waals surface area contributed by atoms with E-state index in [0.717, 1.165) is 22.2 Å². The lowest BCUT2D eigenvalue weighted by atomic mass is 10.1. The first-order valence-electron chi connectivity index (χ1n) is 9.07. The molecular formula is C23H22N2O2. The van der Waals surface area contributed by atoms with Crippen molar-refractivity contribution in [3.05, 3.63) is 94.9 Å². The largest absolute Gasteiger partial charge is 0.463 e. The molecule has 0 saturated heterocycles. The van der Waals surface area contributed by atoms with Crippen molar-refractivity contribution in [1.29, 1.82) is 0 Å². The summed E-state index contributed by atoms with van der Waals surface area (Å²) in [6, 6.07) is 20.2. The van der Waals surface area contributed by atoms with Gasteiger partial charge in [0.25, 0.3) is 5.91 Å². The monoisotopic (exact) mass is 358 g/mol. The van der Waals surface area contributed by atoms with Crippen LogP contribution in [0.3, 0.4) is 0 Å². The van der Waals surface area contributed by atoms with Crippen LogP contribution in [0.4, 0.5) is 0 Å². The quantitative estimate of drug-likeness (QED) is 0.555. The Morgan fingerprint density at radius 2 is 1.81 bits per heavy atom. The Kier molecular flexibility index (Phi) is 4.55. The van der Waals surface area contributed by atoms with Gasteiger partial charge in [0.2, 0.25) is 0 Å². The second-order valence-electron chi connectivity index (χ2n) is 6.88. The van der Waals surface area contributed by atoms with Crippen molar-refractivity contribution < 1.29 is 9.21 Å². The average Bonchev–Trinajstić information content (AvgIpc) is 3.25. The van der Waals surface area contributed by atoms with Crippen molar-refractivity contribution in [2.45, 2.75) is 26.9 Å². The average molecular weight is 358 g/mol. The summed E-state index contributed by atoms with van der Waals surface area (Å²) in [4.78, 5) is 12.9. The second-order valence-corrected chi connectivity index (χ2v) is 6.88. The second kappa shape index (κ2) is 7.16. The van der Waals surface area contributed by atoms with Crippen molar-refractivity contribution in [2.24, 2.45) is 0 Å². The molecule has 0 unspecified atom stereocenters. The summed E-state index contributed by atoms with van der Waals surface area (Å²) in [6.07, 6.45) is 1.66. The third-order valence-electron chi connectivity index (χ3n) is 4.92. The number of carbonyl (C=O) groups is 1. The van der Waals surface area contributed by atoms with Crippen LogP contribution in [0, 0.1) is 13.8 Å². The zero-order valence-corrected chi connectivity index (χ0v) is 15.5. The van der Waals surface area contributed by atoms with Gasteiger partial charge in [-0.25, -0.2) is 0 Å². The molecule has 136 valence electrons. The summed E-state index contributed by atoms with van der Waals surface area (Å²) in [6.45, 7) is 5.24. The van der Waals surface area contributed by atoms with Crippen LogP contribution in [0.5, 0.6) is 0 Å². The Morgan fingerprint density at radius 1 is 1.04 bits per heavy atom. The number of aryl methyl sites for hydroxylation is 2. The Bertz CT molecular complexity index is 1090. The molecule has 4 nitrogen and oxygen atoms in total. The standard InChI is InChI=1S/C23H22N2O2/c1-16-7-9-18(10-8-16)15-25-20-11-12-27-22(20)13-21(25)23(26)24-14-19-6-4-3-5-17(19)2/h3-13H,14-15H2,1-2H3,(H,24,26). The molecule has 0 bridgehead atoms. The molecule has 0 aliphatic rings. The number of carbonyl (C=O) groups excluding carboxylic acids is 1. The number of hydrogen-bond donors (Lipinski definition) is 1. The molecule has 0 spiro atoms. The molecule has 1 amide bonds. The molecule has 0 fully saturated rings. The molecule has 4 heteroatoms. The smallest absolute Gasteiger partial charge is 0.268 e. The van der Waals surface area contributed by atoms with Gasteiger partial charge in [0.1, 0.15) is 5.69 Å². The minimum Gasteiger partial charge on any atom is -0.463 e. The molecule has 0 aliphatic carbocycles. The van der Waals surface area contributed by atoms with Crippen LogP contribution in [0.15, 0.2) is 71.3 Å². The molecule has 27 heavy (non-hydrogen) atoms. The SMILES string of the molecule is Cc1ccc(Cn2c(C(=O)NCc3ccccc3C)cc3occc32)cc1. The number of aromatic nitrogens is 1. The van der Waals surface area contributed by atoms with Gasteiger partial charge in [-0.05, 0) is 30.5 Å². The van der Waals surface area contributed by atoms with E-state index < -0.39 is 0 Å². The van der Waals surface area contributed by atoms with Gasteiger partial charge in [0, 0.05) is 25.2 Å². The van der Waals surface area contributed by atoms with Gasteiger partial charge in [0.15, 0.2) is 5.58 Å². The van der Waals surface area contributed by atoms with Gasteiger partial charge < -0.3 is 14.3 Å². The lowest BCUT2D eigenvalue weighted by Crippen LogP contribution is -2.26. The number of furan rings is 1. The van der Waals surface area contributed by atoms with E-state index in [0.29, 0.717) is 18.8 Å². The van der Waals surface area contributed by atoms with Crippen molar-refractivity contribution in [3.63, 3.8) is 0 Å². The van der Waals surface area contributed by atoms with Crippen LogP contribution in [0.2, 0.25) is 0 Å². The van der Waals surface area contributed by atoms with E-state index in [2.05, 4.69) is 49.5 Å². The molecule has 4 rings (SSSR count). The summed E-state index contributed by atoms with van der Waals surface area (Å²) in [5.74, 6) is -0.100. The lowest BCUT2D eigenvalue weighted by Gasteiger charge is -2.12. The van der Waals surface area contributed by atoms with E-state index in [1.165, 1.54) is 11.1 Å². The molecule has 1 N–H and O–H groups in total. The Morgan fingerprint density at radius 3 is 2.59 bits per heavy atom. The summed E-state index contributed by atoms with van der Waals surface area (Å²) in [5.41, 5.74) is 6.91. The summed E-state index contributed by atoms with van der Waals surface area (Å²) < 4.78 is 7.54. The third kappa shape index (κ3) is 3.51. The Labute approximate surface area is 158 Å². The summed E-state index contributed by atoms with van der Waals surface area (Å²) in [5, 5.41) is 3.04. The van der Waals surface area contributed by atoms with E-state index in [9.17, 15) is 4.79 Å². The highest BCUT2D eigenvalue weighted by atomic mass is 16.3. The van der Waals surface area contributed by atoms with Crippen molar-refractivity contribution in [2.75, 3.05) is 0 Å². The molecule has 0 saturated carbocycles. The van der Waals surface area contributed by atoms with E-state index in [4.69, 9.17) is 4.42 Å². The lowest BCUT2D eigenvalue weighted by molar-refractivity contribution is 0.0942. The number of nitrogens with zero attached hydrogens (tertiary/aromatic N) is 1. The highest BCUT2D eigenvalue weighted by molar-refractivity contribution is 5.97. The molecular weight excluding hydrogens is 336 g/mol. The van der Waals surface area contributed by atoms with E-state index in [-0.39, 0.29) is 5.91 Å². The predicted octanol–water partition coefficient (Wildman–Crippen LogP) is 4.83. The molecule has 2 aromatic heterocycles. The molecule has 0 aliphatic heterocycles. The highest BCUT2D eigenvalue weighted by Gasteiger charge is 2.17. The Balaban J connectivity index is 1.61. The van der Waals surface area contributed by atoms with Gasteiger partial charge in [-0.15, -0.1) is 0 Å². The van der Waals surface area contributed by atoms with Crippen LogP contribution in [0.25, 0.3) is 11.1 Å². The number of nitrogens with one attached hydrogen (secondary N) is 1. The Hall–Kier alpha value is -3.27. The fraction of sp³-hybridized carbons (Fsp3) is 0.174. The van der Waals surface area contributed by atoms with Crippen LogP contribution < -0.4 is 5.32 Å². The van der Waals surface area contributed by atoms with Crippen LogP contribution >= 0.6 is 0 Å². The van der Waals surface area contributed by atoms with Crippen LogP contribution in [0.1, 0.15) is 32.7 Å². The maximum absolute atomic E-state index is 12.9. The number of hydrogen-bond acceptors (Lipinski definition) is 2. The first-order chi connectivity index (χ1) is 13.1. The summed E-state index contributed by atoms with van der Waals surface area (Å²) in [7, 11) is 0. The van der Waals surface area contributed by atoms with Crippen molar-refractivity contribution in [1.82, 2.24) is 9.88 Å². The first kappa shape index (κ1) is 17.2. The van der Waals surface area contributed by atoms with Gasteiger partial charge in [0.05, 0.1) is 11.8 Å². The van der Waals surface area contributed by atoms with Crippen LogP contribution in [-0.4, -0.2) is 10.5 Å². The minimum atomic E-state index is -0.100. The number of fused-ring (bicyclic) bond motifs is 1. The van der Waals surface area contributed by atoms with Crippen molar-refractivity contribution in [3.8, 4) is 0 Å². The number of benzene rings is 2. The van der Waals surface area contributed by atoms with E-state index >= 15 is 0 Å². The van der Waals surface area contributed by atoms with Gasteiger partial charge in [-0.2, -0.15) is 0 Å². The minimum absolute atomic E-state index is 0.100. The topological polar surface area (TPSA) is 47.2 Å². The molecule has 2 aromatic carbocycles. The zero-order valence-electron chi connectivity index (χ0n) is 15.5. The number of amides is 1.